The molecule has 0 radical (unpaired) electrons. The Morgan fingerprint density at radius 1 is 1.42 bits per heavy atom. The molecule has 0 aliphatic heterocycles. The fourth-order valence-corrected chi connectivity index (χ4v) is 1.69. The van der Waals surface area contributed by atoms with E-state index >= 15 is 0 Å². The monoisotopic (exact) mass is 320 g/mol. The highest BCUT2D eigenvalue weighted by Crippen LogP contribution is 2.31. The number of aliphatic carboxylic acids is 1. The second-order valence-electron chi connectivity index (χ2n) is 4.09. The predicted octanol–water partition coefficient (Wildman–Crippen LogP) is 2.95. The molecule has 0 amide bonds. The lowest BCUT2D eigenvalue weighted by Crippen LogP contribution is -2.26. The zero-order valence-corrected chi connectivity index (χ0v) is 12.8. The van der Waals surface area contributed by atoms with Crippen LogP contribution in [0.25, 0.3) is 0 Å². The lowest BCUT2D eigenvalue weighted by molar-refractivity contribution is -0.144. The van der Waals surface area contributed by atoms with Crippen LogP contribution in [0.4, 0.5) is 0 Å². The number of rotatable bonds is 5. The van der Waals surface area contributed by atoms with Crippen LogP contribution < -0.4 is 4.74 Å². The van der Waals surface area contributed by atoms with Crippen LogP contribution >= 0.6 is 36.9 Å². The molecule has 0 heterocycles. The molecule has 0 saturated carbocycles. The molecule has 0 aromatic heterocycles. The lowest BCUT2D eigenvalue weighted by Gasteiger charge is -2.19. The summed E-state index contributed by atoms with van der Waals surface area (Å²) in [5.41, 5.74) is 0.146. The molecule has 1 atom stereocenters. The highest BCUT2D eigenvalue weighted by atomic mass is 35.5. The molecule has 0 aliphatic rings. The van der Waals surface area contributed by atoms with Crippen molar-refractivity contribution in [3.63, 3.8) is 0 Å². The van der Waals surface area contributed by atoms with Crippen molar-refractivity contribution in [3.05, 3.63) is 28.8 Å². The van der Waals surface area contributed by atoms with Crippen LogP contribution in [0.5, 0.6) is 5.75 Å². The molecule has 0 unspecified atom stereocenters. The number of ether oxygens (including phenoxy) is 1. The van der Waals surface area contributed by atoms with E-state index in [-0.39, 0.29) is 11.3 Å². The summed E-state index contributed by atoms with van der Waals surface area (Å²) in [6.07, 6.45) is -1.08. The van der Waals surface area contributed by atoms with E-state index in [2.05, 4.69) is 25.3 Å². The fourth-order valence-electron chi connectivity index (χ4n) is 1.28. The summed E-state index contributed by atoms with van der Waals surface area (Å²) in [7, 11) is 0. The number of carboxylic acids is 1. The largest absolute Gasteiger partial charge is 0.479 e. The van der Waals surface area contributed by atoms with E-state index < -0.39 is 21.9 Å². The average molecular weight is 321 g/mol. The molecule has 4 nitrogen and oxygen atoms in total. The molecule has 1 aromatic rings. The van der Waals surface area contributed by atoms with Gasteiger partial charge in [0.1, 0.15) is 9.83 Å². The Labute approximate surface area is 126 Å². The van der Waals surface area contributed by atoms with Crippen molar-refractivity contribution in [2.45, 2.75) is 24.0 Å². The molecule has 0 fully saturated rings. The summed E-state index contributed by atoms with van der Waals surface area (Å²) >= 11 is 14.0. The highest BCUT2D eigenvalue weighted by Gasteiger charge is 2.29. The molecule has 0 saturated heterocycles. The zero-order valence-electron chi connectivity index (χ0n) is 10.3. The quantitative estimate of drug-likeness (QED) is 0.443. The predicted molar refractivity (Wildman–Crippen MR) is 79.9 cm³/mol. The van der Waals surface area contributed by atoms with Gasteiger partial charge >= 0.3 is 5.97 Å². The molecule has 1 N–H and O–H groups in total. The molecule has 1 rings (SSSR count). The number of carboxylic acid groups (broad SMARTS) is 1. The van der Waals surface area contributed by atoms with Crippen LogP contribution in [0.3, 0.4) is 0 Å². The van der Waals surface area contributed by atoms with Crippen LogP contribution in [0.1, 0.15) is 24.2 Å². The number of carbonyl (C=O) groups is 2. The maximum Gasteiger partial charge on any atom is 0.344 e. The first-order valence-corrected chi connectivity index (χ1v) is 6.58. The van der Waals surface area contributed by atoms with E-state index in [4.69, 9.17) is 21.4 Å². The van der Waals surface area contributed by atoms with Crippen LogP contribution in [0, 0.1) is 0 Å². The lowest BCUT2D eigenvalue weighted by atomic mass is 10.1. The van der Waals surface area contributed by atoms with Gasteiger partial charge in [-0.05, 0) is 32.0 Å². The number of halogens is 1. The average Bonchev–Trinajstić information content (AvgIpc) is 2.29. The molecule has 7 heteroatoms. The van der Waals surface area contributed by atoms with Crippen molar-refractivity contribution in [1.82, 2.24) is 0 Å². The van der Waals surface area contributed by atoms with Crippen molar-refractivity contribution >= 4 is 48.6 Å². The van der Waals surface area contributed by atoms with Crippen LogP contribution in [-0.2, 0) is 4.79 Å². The molecule has 0 bridgehead atoms. The van der Waals surface area contributed by atoms with Gasteiger partial charge in [0.05, 0.1) is 5.56 Å². The molecular formula is C12H13ClO4S2. The van der Waals surface area contributed by atoms with Gasteiger partial charge in [-0.25, -0.2) is 4.79 Å². The van der Waals surface area contributed by atoms with E-state index in [9.17, 15) is 9.59 Å². The smallest absolute Gasteiger partial charge is 0.344 e. The standard InChI is InChI=1S/C12H13ClO4S2/c1-6(11(15)16)17-9-4-3-7(13)5-8(9)10(14)12(2,18)19/h3-6,18-19H,1-2H3,(H,15,16)/t6-/m0/s1. The molecule has 104 valence electrons. The molecular weight excluding hydrogens is 308 g/mol. The number of ketones is 1. The Balaban J connectivity index is 3.19. The second-order valence-corrected chi connectivity index (χ2v) is 6.67. The topological polar surface area (TPSA) is 63.6 Å². The maximum atomic E-state index is 12.2. The minimum Gasteiger partial charge on any atom is -0.479 e. The third-order valence-electron chi connectivity index (χ3n) is 2.27. The minimum absolute atomic E-state index is 0.138. The summed E-state index contributed by atoms with van der Waals surface area (Å²) in [6.45, 7) is 2.87. The highest BCUT2D eigenvalue weighted by molar-refractivity contribution is 8.02. The van der Waals surface area contributed by atoms with E-state index in [1.54, 1.807) is 0 Å². The number of thiol groups is 2. The SMILES string of the molecule is C[C@H](Oc1ccc(Cl)cc1C(=O)C(C)(S)S)C(=O)O. The van der Waals surface area contributed by atoms with Crippen LogP contribution in [-0.4, -0.2) is 27.0 Å². The van der Waals surface area contributed by atoms with Gasteiger partial charge in [-0.15, -0.1) is 0 Å². The van der Waals surface area contributed by atoms with Crippen molar-refractivity contribution < 1.29 is 19.4 Å². The van der Waals surface area contributed by atoms with Gasteiger partial charge < -0.3 is 9.84 Å². The van der Waals surface area contributed by atoms with E-state index in [0.29, 0.717) is 5.02 Å². The number of carbonyl (C=O) groups excluding carboxylic acids is 1. The Morgan fingerprint density at radius 3 is 2.47 bits per heavy atom. The molecule has 0 aliphatic carbocycles. The van der Waals surface area contributed by atoms with Crippen molar-refractivity contribution in [2.75, 3.05) is 0 Å². The Morgan fingerprint density at radius 2 is 2.00 bits per heavy atom. The van der Waals surface area contributed by atoms with Gasteiger partial charge in [0.15, 0.2) is 11.9 Å². The summed E-state index contributed by atoms with van der Waals surface area (Å²) in [5.74, 6) is -1.42. The summed E-state index contributed by atoms with van der Waals surface area (Å²) in [5, 5.41) is 9.16. The first-order valence-electron chi connectivity index (χ1n) is 5.31. The molecule has 1 aromatic carbocycles. The van der Waals surface area contributed by atoms with Crippen LogP contribution in [0.2, 0.25) is 5.02 Å². The van der Waals surface area contributed by atoms with Gasteiger partial charge in [-0.3, -0.25) is 4.79 Å². The second kappa shape index (κ2) is 6.07. The van der Waals surface area contributed by atoms with Gasteiger partial charge in [0.2, 0.25) is 0 Å². The Bertz CT molecular complexity index is 511. The van der Waals surface area contributed by atoms with Crippen LogP contribution in [0.15, 0.2) is 18.2 Å². The summed E-state index contributed by atoms with van der Waals surface area (Å²) in [6, 6.07) is 4.36. The van der Waals surface area contributed by atoms with Crippen molar-refractivity contribution in [3.8, 4) is 5.75 Å². The summed E-state index contributed by atoms with van der Waals surface area (Å²) < 4.78 is 4.02. The van der Waals surface area contributed by atoms with Gasteiger partial charge in [-0.1, -0.05) is 11.6 Å². The number of Topliss-reactive ketones (excluding diaryl/α,β-unsaturated/α-hetero) is 1. The third-order valence-corrected chi connectivity index (χ3v) is 2.91. The third kappa shape index (κ3) is 4.33. The minimum atomic E-state index is -1.21. The first-order chi connectivity index (χ1) is 8.62. The fraction of sp³-hybridized carbons (Fsp3) is 0.333. The van der Waals surface area contributed by atoms with E-state index in [0.717, 1.165) is 0 Å². The van der Waals surface area contributed by atoms with Crippen molar-refractivity contribution in [2.24, 2.45) is 0 Å². The summed E-state index contributed by atoms with van der Waals surface area (Å²) in [4.78, 5) is 22.9. The number of hydrogen-bond acceptors (Lipinski definition) is 5. The Kier molecular flexibility index (Phi) is 5.18. The van der Waals surface area contributed by atoms with Crippen molar-refractivity contribution in [1.29, 1.82) is 0 Å². The zero-order chi connectivity index (χ0) is 14.8. The number of hydrogen-bond donors (Lipinski definition) is 3. The van der Waals surface area contributed by atoms with Gasteiger partial charge in [-0.2, -0.15) is 25.3 Å². The maximum absolute atomic E-state index is 12.2. The number of benzene rings is 1. The van der Waals surface area contributed by atoms with E-state index in [1.165, 1.54) is 32.0 Å². The normalized spacial score (nSPS) is 12.9. The van der Waals surface area contributed by atoms with Gasteiger partial charge in [0, 0.05) is 5.02 Å². The van der Waals surface area contributed by atoms with Gasteiger partial charge in [0.25, 0.3) is 0 Å². The molecule has 0 spiro atoms. The van der Waals surface area contributed by atoms with E-state index in [1.807, 2.05) is 0 Å². The molecule has 19 heavy (non-hydrogen) atoms. The Hall–Kier alpha value is -0.850. The first kappa shape index (κ1) is 16.2.